The fourth-order valence-corrected chi connectivity index (χ4v) is 2.53. The van der Waals surface area contributed by atoms with E-state index in [9.17, 15) is 0 Å². The fraction of sp³-hybridized carbons (Fsp3) is 0.400. The van der Waals surface area contributed by atoms with Gasteiger partial charge in [-0.2, -0.15) is 0 Å². The average Bonchev–Trinajstić information content (AvgIpc) is 2.41. The molecule has 1 unspecified atom stereocenters. The summed E-state index contributed by atoms with van der Waals surface area (Å²) in [7, 11) is 0. The van der Waals surface area contributed by atoms with Gasteiger partial charge < -0.3 is 0 Å². The third-order valence-corrected chi connectivity index (χ3v) is 3.02. The van der Waals surface area contributed by atoms with Crippen molar-refractivity contribution in [2.24, 2.45) is 5.92 Å². The number of hydrogen-bond donors (Lipinski definition) is 0. The highest BCUT2D eigenvalue weighted by Crippen LogP contribution is 2.53. The van der Waals surface area contributed by atoms with Crippen LogP contribution in [0.5, 0.6) is 0 Å². The van der Waals surface area contributed by atoms with Crippen molar-refractivity contribution < 1.29 is 0 Å². The van der Waals surface area contributed by atoms with Gasteiger partial charge in [0.05, 0.1) is 0 Å². The van der Waals surface area contributed by atoms with Gasteiger partial charge in [0, 0.05) is 0 Å². The standard InChI is InChI=1S/C10H10/c1-6-2-7-3-9-4-8(7)5-10(6)9/h5,9H,1-4H2. The Morgan fingerprint density at radius 3 is 2.80 bits per heavy atom. The van der Waals surface area contributed by atoms with Crippen LogP contribution in [0.3, 0.4) is 0 Å². The molecule has 0 N–H and O–H groups in total. The minimum Gasteiger partial charge on any atom is -0.0952 e. The lowest BCUT2D eigenvalue weighted by Crippen LogP contribution is -2.08. The predicted octanol–water partition coefficient (Wildman–Crippen LogP) is 2.59. The molecule has 0 amide bonds. The lowest BCUT2D eigenvalue weighted by Gasteiger charge is -2.24. The Kier molecular flexibility index (Phi) is 0.639. The van der Waals surface area contributed by atoms with Gasteiger partial charge in [0.25, 0.3) is 0 Å². The molecule has 0 saturated heterocycles. The summed E-state index contributed by atoms with van der Waals surface area (Å²) in [6.07, 6.45) is 6.26. The molecule has 50 valence electrons. The van der Waals surface area contributed by atoms with Crippen molar-refractivity contribution in [2.45, 2.75) is 19.3 Å². The summed E-state index contributed by atoms with van der Waals surface area (Å²) in [6.45, 7) is 4.07. The second kappa shape index (κ2) is 1.29. The molecular formula is C10H10. The van der Waals surface area contributed by atoms with Crippen molar-refractivity contribution >= 4 is 0 Å². The van der Waals surface area contributed by atoms with Crippen LogP contribution in [0.2, 0.25) is 0 Å². The zero-order valence-electron chi connectivity index (χ0n) is 5.98. The molecule has 1 atom stereocenters. The molecule has 0 spiro atoms. The maximum absolute atomic E-state index is 4.07. The molecular weight excluding hydrogens is 120 g/mol. The van der Waals surface area contributed by atoms with E-state index in [4.69, 9.17) is 0 Å². The molecule has 4 rings (SSSR count). The topological polar surface area (TPSA) is 0 Å². The molecule has 1 saturated carbocycles. The number of rotatable bonds is 0. The first-order valence-corrected chi connectivity index (χ1v) is 3.95. The average molecular weight is 130 g/mol. The Morgan fingerprint density at radius 1 is 1.40 bits per heavy atom. The van der Waals surface area contributed by atoms with Crippen LogP contribution in [0, 0.1) is 5.92 Å². The maximum atomic E-state index is 4.07. The van der Waals surface area contributed by atoms with Gasteiger partial charge in [-0.3, -0.25) is 0 Å². The van der Waals surface area contributed by atoms with Gasteiger partial charge in [-0.15, -0.1) is 0 Å². The Bertz CT molecular complexity index is 287. The maximum Gasteiger partial charge on any atom is -0.00641 e. The monoisotopic (exact) mass is 130 g/mol. The molecule has 0 heteroatoms. The Balaban J connectivity index is 2.28. The van der Waals surface area contributed by atoms with Gasteiger partial charge >= 0.3 is 0 Å². The number of allylic oxidation sites excluding steroid dienone is 5. The second-order valence-corrected chi connectivity index (χ2v) is 3.61. The minimum absolute atomic E-state index is 0.867. The first-order valence-electron chi connectivity index (χ1n) is 3.95. The van der Waals surface area contributed by atoms with Gasteiger partial charge in [-0.1, -0.05) is 18.2 Å². The molecule has 4 aliphatic rings. The summed E-state index contributed by atoms with van der Waals surface area (Å²) >= 11 is 0. The van der Waals surface area contributed by atoms with E-state index in [0.29, 0.717) is 0 Å². The molecule has 0 nitrogen and oxygen atoms in total. The Labute approximate surface area is 60.9 Å². The molecule has 0 radical (unpaired) electrons. The Morgan fingerprint density at radius 2 is 2.30 bits per heavy atom. The molecule has 0 aliphatic heterocycles. The van der Waals surface area contributed by atoms with Crippen LogP contribution in [0.25, 0.3) is 0 Å². The summed E-state index contributed by atoms with van der Waals surface area (Å²) in [4.78, 5) is 0. The molecule has 0 aromatic heterocycles. The second-order valence-electron chi connectivity index (χ2n) is 3.61. The van der Waals surface area contributed by atoms with Crippen molar-refractivity contribution in [1.29, 1.82) is 0 Å². The summed E-state index contributed by atoms with van der Waals surface area (Å²) in [6, 6.07) is 0. The smallest absolute Gasteiger partial charge is 0.00641 e. The highest BCUT2D eigenvalue weighted by Gasteiger charge is 2.37. The van der Waals surface area contributed by atoms with E-state index in [-0.39, 0.29) is 0 Å². The molecule has 0 aromatic carbocycles. The first kappa shape index (κ1) is 4.95. The van der Waals surface area contributed by atoms with E-state index in [1.54, 1.807) is 16.7 Å². The van der Waals surface area contributed by atoms with E-state index >= 15 is 0 Å². The third-order valence-electron chi connectivity index (χ3n) is 3.02. The largest absolute Gasteiger partial charge is 0.0952 e. The Hall–Kier alpha value is -0.780. The van der Waals surface area contributed by atoms with Crippen LogP contribution >= 0.6 is 0 Å². The highest BCUT2D eigenvalue weighted by atomic mass is 14.4. The van der Waals surface area contributed by atoms with Crippen molar-refractivity contribution in [2.75, 3.05) is 0 Å². The predicted molar refractivity (Wildman–Crippen MR) is 41.6 cm³/mol. The molecule has 10 heavy (non-hydrogen) atoms. The summed E-state index contributed by atoms with van der Waals surface area (Å²) < 4.78 is 0. The lowest BCUT2D eigenvalue weighted by atomic mass is 9.81. The minimum atomic E-state index is 0.867. The normalized spacial score (nSPS) is 34.2. The summed E-state index contributed by atoms with van der Waals surface area (Å²) in [5.41, 5.74) is 6.30. The number of fused-ring (bicyclic) bond motifs is 1. The zero-order valence-corrected chi connectivity index (χ0v) is 5.98. The van der Waals surface area contributed by atoms with E-state index < -0.39 is 0 Å². The van der Waals surface area contributed by atoms with Crippen LogP contribution in [0.4, 0.5) is 0 Å². The van der Waals surface area contributed by atoms with Crippen molar-refractivity contribution in [1.82, 2.24) is 0 Å². The zero-order chi connectivity index (χ0) is 6.72. The molecule has 4 bridgehead atoms. The summed E-state index contributed by atoms with van der Waals surface area (Å²) in [5, 5.41) is 0. The van der Waals surface area contributed by atoms with Crippen LogP contribution in [0.15, 0.2) is 34.9 Å². The van der Waals surface area contributed by atoms with Crippen LogP contribution < -0.4 is 0 Å². The van der Waals surface area contributed by atoms with E-state index in [1.165, 1.54) is 24.8 Å². The van der Waals surface area contributed by atoms with Crippen molar-refractivity contribution in [3.8, 4) is 0 Å². The summed E-state index contributed by atoms with van der Waals surface area (Å²) in [5.74, 6) is 0.867. The quantitative estimate of drug-likeness (QED) is 0.473. The van der Waals surface area contributed by atoms with Crippen molar-refractivity contribution in [3.63, 3.8) is 0 Å². The van der Waals surface area contributed by atoms with E-state index in [2.05, 4.69) is 12.7 Å². The van der Waals surface area contributed by atoms with Crippen molar-refractivity contribution in [3.05, 3.63) is 34.9 Å². The number of hydrogen-bond acceptors (Lipinski definition) is 0. The highest BCUT2D eigenvalue weighted by molar-refractivity contribution is 5.57. The first-order chi connectivity index (χ1) is 4.84. The molecule has 1 fully saturated rings. The SMILES string of the molecule is C=C1CC2=C3C=C1C(C3)C2. The molecule has 4 aliphatic carbocycles. The third kappa shape index (κ3) is 0.377. The van der Waals surface area contributed by atoms with Gasteiger partial charge in [0.2, 0.25) is 0 Å². The van der Waals surface area contributed by atoms with E-state index in [1.807, 2.05) is 0 Å². The van der Waals surface area contributed by atoms with E-state index in [0.717, 1.165) is 5.92 Å². The van der Waals surface area contributed by atoms with Crippen LogP contribution in [-0.2, 0) is 0 Å². The molecule has 0 heterocycles. The van der Waals surface area contributed by atoms with Crippen LogP contribution in [-0.4, -0.2) is 0 Å². The fourth-order valence-electron chi connectivity index (χ4n) is 2.53. The van der Waals surface area contributed by atoms with Gasteiger partial charge in [-0.25, -0.2) is 0 Å². The molecule has 0 aromatic rings. The van der Waals surface area contributed by atoms with Crippen LogP contribution in [0.1, 0.15) is 19.3 Å². The lowest BCUT2D eigenvalue weighted by molar-refractivity contribution is 0.643. The van der Waals surface area contributed by atoms with Gasteiger partial charge in [0.1, 0.15) is 0 Å². The van der Waals surface area contributed by atoms with Gasteiger partial charge in [-0.05, 0) is 41.9 Å². The van der Waals surface area contributed by atoms with Gasteiger partial charge in [0.15, 0.2) is 0 Å².